The SMILES string of the molecule is CC1CCN(CC(=O)Nc2ccccn2)CC1. The summed E-state index contributed by atoms with van der Waals surface area (Å²) in [5.74, 6) is 1.45. The summed E-state index contributed by atoms with van der Waals surface area (Å²) >= 11 is 0. The molecular formula is C13H19N3O. The summed E-state index contributed by atoms with van der Waals surface area (Å²) in [6.07, 6.45) is 4.06. The molecule has 0 spiro atoms. The van der Waals surface area contributed by atoms with Crippen LogP contribution < -0.4 is 5.32 Å². The molecule has 0 bridgehead atoms. The quantitative estimate of drug-likeness (QED) is 0.865. The van der Waals surface area contributed by atoms with E-state index in [1.54, 1.807) is 12.3 Å². The van der Waals surface area contributed by atoms with Crippen molar-refractivity contribution >= 4 is 11.7 Å². The minimum atomic E-state index is 0.0262. The maximum Gasteiger partial charge on any atom is 0.239 e. The van der Waals surface area contributed by atoms with Crippen LogP contribution in [0.1, 0.15) is 19.8 Å². The Balaban J connectivity index is 1.78. The van der Waals surface area contributed by atoms with Crippen LogP contribution in [0.3, 0.4) is 0 Å². The molecule has 4 nitrogen and oxygen atoms in total. The molecule has 1 aliphatic rings. The maximum atomic E-state index is 11.8. The van der Waals surface area contributed by atoms with Gasteiger partial charge in [-0.05, 0) is 44.0 Å². The van der Waals surface area contributed by atoms with Crippen molar-refractivity contribution in [3.8, 4) is 0 Å². The minimum absolute atomic E-state index is 0.0262. The van der Waals surface area contributed by atoms with Crippen molar-refractivity contribution in [2.45, 2.75) is 19.8 Å². The smallest absolute Gasteiger partial charge is 0.239 e. The van der Waals surface area contributed by atoms with Crippen LogP contribution in [0.4, 0.5) is 5.82 Å². The Bertz CT molecular complexity index is 358. The van der Waals surface area contributed by atoms with Crippen LogP contribution in [-0.4, -0.2) is 35.4 Å². The highest BCUT2D eigenvalue weighted by Gasteiger charge is 2.17. The molecular weight excluding hydrogens is 214 g/mol. The molecule has 0 saturated carbocycles. The minimum Gasteiger partial charge on any atom is -0.310 e. The van der Waals surface area contributed by atoms with Gasteiger partial charge in [0.15, 0.2) is 0 Å². The number of piperidine rings is 1. The lowest BCUT2D eigenvalue weighted by molar-refractivity contribution is -0.117. The number of nitrogens with one attached hydrogen (secondary N) is 1. The lowest BCUT2D eigenvalue weighted by Gasteiger charge is -2.29. The number of carbonyl (C=O) groups excluding carboxylic acids is 1. The number of rotatable bonds is 3. The van der Waals surface area contributed by atoms with Crippen molar-refractivity contribution in [3.05, 3.63) is 24.4 Å². The van der Waals surface area contributed by atoms with Gasteiger partial charge in [0.05, 0.1) is 6.54 Å². The molecule has 2 heterocycles. The van der Waals surface area contributed by atoms with Gasteiger partial charge in [0.25, 0.3) is 0 Å². The molecule has 0 aliphatic carbocycles. The molecule has 0 unspecified atom stereocenters. The zero-order valence-electron chi connectivity index (χ0n) is 10.2. The first kappa shape index (κ1) is 12.0. The maximum absolute atomic E-state index is 11.8. The average molecular weight is 233 g/mol. The number of hydrogen-bond acceptors (Lipinski definition) is 3. The lowest BCUT2D eigenvalue weighted by atomic mass is 9.99. The third kappa shape index (κ3) is 3.82. The van der Waals surface area contributed by atoms with Crippen LogP contribution in [0, 0.1) is 5.92 Å². The number of amides is 1. The van der Waals surface area contributed by atoms with Gasteiger partial charge in [-0.2, -0.15) is 0 Å². The van der Waals surface area contributed by atoms with Gasteiger partial charge in [0, 0.05) is 6.20 Å². The highest BCUT2D eigenvalue weighted by Crippen LogP contribution is 2.15. The van der Waals surface area contributed by atoms with E-state index in [-0.39, 0.29) is 5.91 Å². The van der Waals surface area contributed by atoms with E-state index >= 15 is 0 Å². The molecule has 1 aromatic heterocycles. The van der Waals surface area contributed by atoms with E-state index in [0.29, 0.717) is 12.4 Å². The highest BCUT2D eigenvalue weighted by molar-refractivity contribution is 5.91. The standard InChI is InChI=1S/C13H19N3O/c1-11-5-8-16(9-6-11)10-13(17)15-12-4-2-3-7-14-12/h2-4,7,11H,5-6,8-10H2,1H3,(H,14,15,17). The Hall–Kier alpha value is -1.42. The number of anilines is 1. The fourth-order valence-electron chi connectivity index (χ4n) is 2.04. The molecule has 92 valence electrons. The number of likely N-dealkylation sites (tertiary alicyclic amines) is 1. The van der Waals surface area contributed by atoms with Crippen molar-refractivity contribution in [1.82, 2.24) is 9.88 Å². The van der Waals surface area contributed by atoms with E-state index in [1.807, 2.05) is 12.1 Å². The van der Waals surface area contributed by atoms with E-state index in [0.717, 1.165) is 19.0 Å². The van der Waals surface area contributed by atoms with Crippen molar-refractivity contribution in [2.24, 2.45) is 5.92 Å². The van der Waals surface area contributed by atoms with Gasteiger partial charge in [-0.3, -0.25) is 9.69 Å². The molecule has 0 aromatic carbocycles. The third-order valence-electron chi connectivity index (χ3n) is 3.18. The topological polar surface area (TPSA) is 45.2 Å². The fourth-order valence-corrected chi connectivity index (χ4v) is 2.04. The largest absolute Gasteiger partial charge is 0.310 e. The second kappa shape index (κ2) is 5.77. The molecule has 1 aromatic rings. The van der Waals surface area contributed by atoms with E-state index in [2.05, 4.69) is 22.1 Å². The normalized spacial score (nSPS) is 17.9. The van der Waals surface area contributed by atoms with Gasteiger partial charge in [-0.25, -0.2) is 4.98 Å². The molecule has 2 rings (SSSR count). The zero-order chi connectivity index (χ0) is 12.1. The average Bonchev–Trinajstić information content (AvgIpc) is 2.33. The summed E-state index contributed by atoms with van der Waals surface area (Å²) in [6, 6.07) is 5.50. The third-order valence-corrected chi connectivity index (χ3v) is 3.18. The summed E-state index contributed by atoms with van der Waals surface area (Å²) in [6.45, 7) is 4.79. The lowest BCUT2D eigenvalue weighted by Crippen LogP contribution is -2.38. The monoisotopic (exact) mass is 233 g/mol. The second-order valence-corrected chi connectivity index (χ2v) is 4.72. The van der Waals surface area contributed by atoms with Gasteiger partial charge >= 0.3 is 0 Å². The van der Waals surface area contributed by atoms with Crippen LogP contribution in [-0.2, 0) is 4.79 Å². The highest BCUT2D eigenvalue weighted by atomic mass is 16.2. The van der Waals surface area contributed by atoms with Crippen molar-refractivity contribution in [3.63, 3.8) is 0 Å². The first-order valence-corrected chi connectivity index (χ1v) is 6.17. The van der Waals surface area contributed by atoms with Crippen LogP contribution >= 0.6 is 0 Å². The molecule has 1 saturated heterocycles. The summed E-state index contributed by atoms with van der Waals surface area (Å²) in [4.78, 5) is 18.0. The Morgan fingerprint density at radius 2 is 2.24 bits per heavy atom. The van der Waals surface area contributed by atoms with Gasteiger partial charge < -0.3 is 5.32 Å². The molecule has 4 heteroatoms. The van der Waals surface area contributed by atoms with Crippen LogP contribution in [0.25, 0.3) is 0 Å². The van der Waals surface area contributed by atoms with E-state index in [9.17, 15) is 4.79 Å². The van der Waals surface area contributed by atoms with E-state index < -0.39 is 0 Å². The summed E-state index contributed by atoms with van der Waals surface area (Å²) < 4.78 is 0. The second-order valence-electron chi connectivity index (χ2n) is 4.72. The van der Waals surface area contributed by atoms with Gasteiger partial charge in [0.1, 0.15) is 5.82 Å². The Morgan fingerprint density at radius 3 is 2.88 bits per heavy atom. The molecule has 1 fully saturated rings. The van der Waals surface area contributed by atoms with Crippen molar-refractivity contribution in [2.75, 3.05) is 25.0 Å². The zero-order valence-corrected chi connectivity index (χ0v) is 10.2. The van der Waals surface area contributed by atoms with Crippen molar-refractivity contribution in [1.29, 1.82) is 0 Å². The summed E-state index contributed by atoms with van der Waals surface area (Å²) in [5, 5.41) is 2.81. The molecule has 1 N–H and O–H groups in total. The first-order valence-electron chi connectivity index (χ1n) is 6.17. The summed E-state index contributed by atoms with van der Waals surface area (Å²) in [7, 11) is 0. The first-order chi connectivity index (χ1) is 8.24. The van der Waals surface area contributed by atoms with Crippen LogP contribution in [0.5, 0.6) is 0 Å². The van der Waals surface area contributed by atoms with Gasteiger partial charge in [0.2, 0.25) is 5.91 Å². The summed E-state index contributed by atoms with van der Waals surface area (Å²) in [5.41, 5.74) is 0. The Kier molecular flexibility index (Phi) is 4.09. The van der Waals surface area contributed by atoms with Crippen molar-refractivity contribution < 1.29 is 4.79 Å². The number of nitrogens with zero attached hydrogens (tertiary/aromatic N) is 2. The van der Waals surface area contributed by atoms with Gasteiger partial charge in [-0.1, -0.05) is 13.0 Å². The predicted molar refractivity (Wildman–Crippen MR) is 67.7 cm³/mol. The molecule has 0 atom stereocenters. The number of carbonyl (C=O) groups is 1. The molecule has 17 heavy (non-hydrogen) atoms. The predicted octanol–water partition coefficient (Wildman–Crippen LogP) is 1.75. The van der Waals surface area contributed by atoms with Crippen LogP contribution in [0.15, 0.2) is 24.4 Å². The number of aromatic nitrogens is 1. The number of pyridine rings is 1. The molecule has 0 radical (unpaired) electrons. The van der Waals surface area contributed by atoms with E-state index in [4.69, 9.17) is 0 Å². The van der Waals surface area contributed by atoms with Gasteiger partial charge in [-0.15, -0.1) is 0 Å². The Morgan fingerprint density at radius 1 is 1.47 bits per heavy atom. The van der Waals surface area contributed by atoms with Crippen LogP contribution in [0.2, 0.25) is 0 Å². The Labute approximate surface area is 102 Å². The van der Waals surface area contributed by atoms with E-state index in [1.165, 1.54) is 12.8 Å². The number of hydrogen-bond donors (Lipinski definition) is 1. The molecule has 1 amide bonds. The molecule has 1 aliphatic heterocycles. The fraction of sp³-hybridized carbons (Fsp3) is 0.538.